The van der Waals surface area contributed by atoms with Gasteiger partial charge in [0.05, 0.1) is 11.4 Å². The number of carbonyl (C=O) groups is 2. The van der Waals surface area contributed by atoms with Gasteiger partial charge in [0.2, 0.25) is 12.2 Å². The van der Waals surface area contributed by atoms with Crippen LogP contribution in [-0.2, 0) is 19.1 Å². The molecule has 0 aromatic heterocycles. The summed E-state index contributed by atoms with van der Waals surface area (Å²) >= 11 is 3.30. The number of amides is 2. The molecule has 190 valence electrons. The number of thioether (sulfide) groups is 2. The second kappa shape index (κ2) is 16.2. The van der Waals surface area contributed by atoms with E-state index in [2.05, 4.69) is 20.6 Å². The second-order valence-corrected chi connectivity index (χ2v) is 9.60. The summed E-state index contributed by atoms with van der Waals surface area (Å²) < 4.78 is 10.4. The molecule has 0 radical (unpaired) electrons. The number of ether oxygens (including phenoxy) is 2. The number of nitrogens with zero attached hydrogens (tertiary/aromatic N) is 2. The quantitative estimate of drug-likeness (QED) is 0.197. The van der Waals surface area contributed by atoms with Crippen molar-refractivity contribution in [3.63, 3.8) is 0 Å². The van der Waals surface area contributed by atoms with Gasteiger partial charge < -0.3 is 9.47 Å². The van der Waals surface area contributed by atoms with Gasteiger partial charge in [0.1, 0.15) is 13.2 Å². The van der Waals surface area contributed by atoms with Gasteiger partial charge in [-0.25, -0.2) is 19.2 Å². The molecule has 0 heterocycles. The highest BCUT2D eigenvalue weighted by Gasteiger charge is 2.08. The monoisotopic (exact) mass is 530 g/mol. The summed E-state index contributed by atoms with van der Waals surface area (Å²) in [4.78, 5) is 51.6. The SMILES string of the molecule is Cc1cc(N=C=O)ccc1NC(=O)OCCSCCSCCOC(=O)Nc1cc(N=C=O)ccc1C. The summed E-state index contributed by atoms with van der Waals surface area (Å²) in [7, 11) is 0. The highest BCUT2D eigenvalue weighted by Crippen LogP contribution is 2.23. The highest BCUT2D eigenvalue weighted by atomic mass is 32.2. The van der Waals surface area contributed by atoms with Crippen LogP contribution in [0, 0.1) is 13.8 Å². The Labute approximate surface area is 217 Å². The molecule has 0 saturated carbocycles. The summed E-state index contributed by atoms with van der Waals surface area (Å²) in [6, 6.07) is 9.88. The minimum absolute atomic E-state index is 0.261. The van der Waals surface area contributed by atoms with Crippen LogP contribution < -0.4 is 10.6 Å². The number of anilines is 2. The average molecular weight is 531 g/mol. The number of aryl methyl sites for hydroxylation is 2. The van der Waals surface area contributed by atoms with Gasteiger partial charge in [0, 0.05) is 34.4 Å². The van der Waals surface area contributed by atoms with Crippen molar-refractivity contribution in [1.82, 2.24) is 0 Å². The van der Waals surface area contributed by atoms with Crippen LogP contribution in [0.3, 0.4) is 0 Å². The first-order valence-electron chi connectivity index (χ1n) is 10.8. The fourth-order valence-electron chi connectivity index (χ4n) is 2.78. The van der Waals surface area contributed by atoms with Crippen molar-refractivity contribution >= 4 is 70.6 Å². The molecule has 36 heavy (non-hydrogen) atoms. The maximum Gasteiger partial charge on any atom is 0.411 e. The van der Waals surface area contributed by atoms with E-state index in [1.165, 1.54) is 12.2 Å². The van der Waals surface area contributed by atoms with Crippen molar-refractivity contribution in [1.29, 1.82) is 0 Å². The van der Waals surface area contributed by atoms with E-state index in [0.717, 1.165) is 22.6 Å². The minimum atomic E-state index is -0.573. The van der Waals surface area contributed by atoms with Crippen molar-refractivity contribution in [2.24, 2.45) is 9.98 Å². The number of hydrogen-bond donors (Lipinski definition) is 2. The lowest BCUT2D eigenvalue weighted by Crippen LogP contribution is -2.16. The van der Waals surface area contributed by atoms with Gasteiger partial charge >= 0.3 is 12.2 Å². The zero-order valence-electron chi connectivity index (χ0n) is 19.9. The Bertz CT molecular complexity index is 1150. The van der Waals surface area contributed by atoms with Crippen LogP contribution in [0.25, 0.3) is 0 Å². The fraction of sp³-hybridized carbons (Fsp3) is 0.333. The molecule has 0 unspecified atom stereocenters. The van der Waals surface area contributed by atoms with E-state index in [0.29, 0.717) is 34.3 Å². The lowest BCUT2D eigenvalue weighted by molar-refractivity contribution is 0.168. The standard InChI is InChI=1S/C24H26N4O6S2/c1-17-3-4-20(26-16-30)14-22(17)28-24(32)34-8-10-36-12-11-35-9-7-33-23(31)27-21-6-5-19(25-15-29)13-18(21)2/h3-6,13-14H,7-12H2,1-2H3,(H,27,31)(H,28,32). The number of rotatable bonds is 13. The summed E-state index contributed by atoms with van der Waals surface area (Å²) in [6.45, 7) is 4.15. The third-order valence-electron chi connectivity index (χ3n) is 4.55. The lowest BCUT2D eigenvalue weighted by atomic mass is 10.2. The smallest absolute Gasteiger partial charge is 0.411 e. The molecule has 10 nitrogen and oxygen atoms in total. The van der Waals surface area contributed by atoms with E-state index in [1.807, 2.05) is 6.92 Å². The first-order chi connectivity index (χ1) is 17.4. The Kier molecular flexibility index (Phi) is 12.9. The van der Waals surface area contributed by atoms with E-state index in [9.17, 15) is 19.2 Å². The molecule has 0 saturated heterocycles. The molecular weight excluding hydrogens is 504 g/mol. The number of aliphatic imine (C=N–C) groups is 2. The molecule has 0 aliphatic carbocycles. The predicted molar refractivity (Wildman–Crippen MR) is 143 cm³/mol. The van der Waals surface area contributed by atoms with E-state index in [-0.39, 0.29) is 13.2 Å². The molecule has 2 N–H and O–H groups in total. The maximum absolute atomic E-state index is 12.0. The van der Waals surface area contributed by atoms with Crippen molar-refractivity contribution < 1.29 is 28.7 Å². The van der Waals surface area contributed by atoms with Gasteiger partial charge in [-0.05, 0) is 55.3 Å². The molecule has 0 spiro atoms. The third kappa shape index (κ3) is 10.8. The first kappa shape index (κ1) is 28.7. The Morgan fingerprint density at radius 3 is 1.83 bits per heavy atom. The first-order valence-corrected chi connectivity index (χ1v) is 13.1. The van der Waals surface area contributed by atoms with Crippen molar-refractivity contribution in [3.8, 4) is 0 Å². The van der Waals surface area contributed by atoms with E-state index >= 15 is 0 Å². The zero-order chi connectivity index (χ0) is 26.2. The van der Waals surface area contributed by atoms with E-state index in [4.69, 9.17) is 9.47 Å². The molecule has 2 rings (SSSR count). The van der Waals surface area contributed by atoms with Gasteiger partial charge in [-0.3, -0.25) is 10.6 Å². The third-order valence-corrected chi connectivity index (χ3v) is 6.70. The predicted octanol–water partition coefficient (Wildman–Crippen LogP) is 5.50. The van der Waals surface area contributed by atoms with Crippen LogP contribution in [0.5, 0.6) is 0 Å². The number of hydrogen-bond acceptors (Lipinski definition) is 10. The Hall–Kier alpha value is -3.56. The van der Waals surface area contributed by atoms with Crippen LogP contribution >= 0.6 is 23.5 Å². The summed E-state index contributed by atoms with van der Waals surface area (Å²) in [5.74, 6) is 3.04. The average Bonchev–Trinajstić information content (AvgIpc) is 2.84. The van der Waals surface area contributed by atoms with Crippen molar-refractivity contribution in [2.75, 3.05) is 46.9 Å². The second-order valence-electron chi connectivity index (χ2n) is 7.15. The highest BCUT2D eigenvalue weighted by molar-refractivity contribution is 8.02. The topological polar surface area (TPSA) is 136 Å². The molecular formula is C24H26N4O6S2. The fourth-order valence-corrected chi connectivity index (χ4v) is 4.53. The Morgan fingerprint density at radius 1 is 0.750 bits per heavy atom. The summed E-state index contributed by atoms with van der Waals surface area (Å²) in [6.07, 6.45) is 1.82. The van der Waals surface area contributed by atoms with Gasteiger partial charge in [-0.1, -0.05) is 6.07 Å². The minimum Gasteiger partial charge on any atom is -0.448 e. The van der Waals surface area contributed by atoms with Crippen LogP contribution in [0.4, 0.5) is 32.3 Å². The molecule has 2 aromatic rings. The van der Waals surface area contributed by atoms with Gasteiger partial charge in [0.25, 0.3) is 0 Å². The lowest BCUT2D eigenvalue weighted by Gasteiger charge is -2.10. The van der Waals surface area contributed by atoms with E-state index < -0.39 is 12.2 Å². The normalized spacial score (nSPS) is 9.94. The van der Waals surface area contributed by atoms with Crippen LogP contribution in [-0.4, -0.2) is 60.6 Å². The molecule has 0 aliphatic heterocycles. The molecule has 2 amide bonds. The molecule has 0 atom stereocenters. The number of carbonyl (C=O) groups excluding carboxylic acids is 4. The number of benzene rings is 2. The molecule has 2 aromatic carbocycles. The Morgan fingerprint density at radius 2 is 1.28 bits per heavy atom. The van der Waals surface area contributed by atoms with Gasteiger partial charge in [0.15, 0.2) is 0 Å². The largest absolute Gasteiger partial charge is 0.448 e. The van der Waals surface area contributed by atoms with Crippen molar-refractivity contribution in [2.45, 2.75) is 13.8 Å². The molecule has 0 bridgehead atoms. The summed E-state index contributed by atoms with van der Waals surface area (Å²) in [5.41, 5.74) is 3.55. The molecule has 0 fully saturated rings. The van der Waals surface area contributed by atoms with Crippen molar-refractivity contribution in [3.05, 3.63) is 47.5 Å². The molecule has 0 aliphatic rings. The van der Waals surface area contributed by atoms with Crippen LogP contribution in [0.1, 0.15) is 11.1 Å². The number of isocyanates is 2. The van der Waals surface area contributed by atoms with Crippen LogP contribution in [0.15, 0.2) is 46.4 Å². The maximum atomic E-state index is 12.0. The number of nitrogens with one attached hydrogen (secondary N) is 2. The molecule has 12 heteroatoms. The van der Waals surface area contributed by atoms with Gasteiger partial charge in [-0.15, -0.1) is 0 Å². The van der Waals surface area contributed by atoms with Gasteiger partial charge in [-0.2, -0.15) is 33.5 Å². The zero-order valence-corrected chi connectivity index (χ0v) is 21.5. The Balaban J connectivity index is 1.51. The van der Waals surface area contributed by atoms with Crippen LogP contribution in [0.2, 0.25) is 0 Å². The summed E-state index contributed by atoms with van der Waals surface area (Å²) in [5, 5.41) is 5.30. The van der Waals surface area contributed by atoms with E-state index in [1.54, 1.807) is 66.8 Å².